The first-order chi connectivity index (χ1) is 18.6. The fourth-order valence-corrected chi connectivity index (χ4v) is 5.95. The van der Waals surface area contributed by atoms with Crippen molar-refractivity contribution < 1.29 is 0 Å². The van der Waals surface area contributed by atoms with E-state index in [1.807, 2.05) is 30.2 Å². The second kappa shape index (κ2) is 12.2. The minimum absolute atomic E-state index is 0. The normalized spacial score (nSPS) is 14.9. The molecular formula is C31H36BrN7. The summed E-state index contributed by atoms with van der Waals surface area (Å²) < 4.78 is 2.86. The summed E-state index contributed by atoms with van der Waals surface area (Å²) in [7, 11) is 1.94. The van der Waals surface area contributed by atoms with Gasteiger partial charge in [0.05, 0.1) is 39.5 Å². The number of H-pyrrole nitrogens is 1. The van der Waals surface area contributed by atoms with Gasteiger partial charge in [-0.3, -0.25) is 14.6 Å². The molecule has 8 heteroatoms. The lowest BCUT2D eigenvalue weighted by Crippen LogP contribution is -2.31. The Balaban J connectivity index is 0.00000308. The molecule has 2 N–H and O–H groups in total. The molecule has 1 atom stereocenters. The van der Waals surface area contributed by atoms with E-state index in [1.54, 1.807) is 0 Å². The first-order valence-corrected chi connectivity index (χ1v) is 14.0. The number of halogens is 1. The van der Waals surface area contributed by atoms with E-state index in [-0.39, 0.29) is 13.5 Å². The number of para-hydroxylation sites is 2. The van der Waals surface area contributed by atoms with Crippen molar-refractivity contribution in [2.75, 3.05) is 0 Å². The molecule has 0 amide bonds. The zero-order valence-electron chi connectivity index (χ0n) is 21.6. The number of aryl methyl sites for hydroxylation is 2. The largest absolute Gasteiger partial charge is 0.341 e. The maximum Gasteiger partial charge on any atom is 0.121 e. The Hall–Kier alpha value is -3.33. The van der Waals surface area contributed by atoms with Gasteiger partial charge in [-0.05, 0) is 70.1 Å². The highest BCUT2D eigenvalue weighted by Crippen LogP contribution is 2.34. The second-order valence-corrected chi connectivity index (χ2v) is 10.9. The maximum atomic E-state index is 4.89. The Morgan fingerprint density at radius 1 is 1.03 bits per heavy atom. The third-order valence-corrected chi connectivity index (χ3v) is 7.94. The van der Waals surface area contributed by atoms with Crippen LogP contribution in [0.25, 0.3) is 11.0 Å². The average Bonchev–Trinajstić information content (AvgIpc) is 3.49. The Morgan fingerprint density at radius 2 is 1.85 bits per heavy atom. The second-order valence-electron chi connectivity index (χ2n) is 10.1. The number of hydrogen-bond acceptors (Lipinski definition) is 5. The summed E-state index contributed by atoms with van der Waals surface area (Å²) in [5.74, 6) is 0.996. The van der Waals surface area contributed by atoms with E-state index >= 15 is 0 Å². The molecule has 3 aromatic heterocycles. The summed E-state index contributed by atoms with van der Waals surface area (Å²) in [6.45, 7) is 3.11. The Kier molecular flexibility index (Phi) is 8.55. The Bertz CT molecular complexity index is 1490. The summed E-state index contributed by atoms with van der Waals surface area (Å²) >= 11 is 3.57. The summed E-state index contributed by atoms with van der Waals surface area (Å²) in [6, 6.07) is 21.8. The van der Waals surface area contributed by atoms with Gasteiger partial charge in [0.25, 0.3) is 0 Å². The van der Waals surface area contributed by atoms with E-state index in [4.69, 9.17) is 9.97 Å². The van der Waals surface area contributed by atoms with Gasteiger partial charge in [0, 0.05) is 39.1 Å². The molecule has 1 aliphatic rings. The summed E-state index contributed by atoms with van der Waals surface area (Å²) in [6.07, 6.45) is 7.30. The molecule has 0 bridgehead atoms. The van der Waals surface area contributed by atoms with Crippen LogP contribution in [-0.2, 0) is 39.6 Å². The predicted molar refractivity (Wildman–Crippen MR) is 160 cm³/mol. The van der Waals surface area contributed by atoms with Crippen LogP contribution in [-0.4, -0.2) is 29.6 Å². The molecule has 6 rings (SSSR count). The third-order valence-electron chi connectivity index (χ3n) is 7.28. The van der Waals surface area contributed by atoms with E-state index < -0.39 is 0 Å². The van der Waals surface area contributed by atoms with Crippen LogP contribution in [0.1, 0.15) is 60.2 Å². The van der Waals surface area contributed by atoms with Crippen molar-refractivity contribution in [3.05, 3.63) is 111 Å². The van der Waals surface area contributed by atoms with Gasteiger partial charge >= 0.3 is 0 Å². The maximum absolute atomic E-state index is 4.89. The van der Waals surface area contributed by atoms with Crippen molar-refractivity contribution in [1.29, 1.82) is 0 Å². The number of rotatable bonds is 9. The number of aromatic amines is 1. The van der Waals surface area contributed by atoms with E-state index in [9.17, 15) is 0 Å². The van der Waals surface area contributed by atoms with Crippen LogP contribution in [0.5, 0.6) is 0 Å². The Morgan fingerprint density at radius 3 is 2.64 bits per heavy atom. The lowest BCUT2D eigenvalue weighted by Gasteiger charge is -2.34. The lowest BCUT2D eigenvalue weighted by molar-refractivity contribution is 0.153. The lowest BCUT2D eigenvalue weighted by atomic mass is 9.90. The average molecular weight is 587 g/mol. The molecular weight excluding hydrogens is 550 g/mol. The van der Waals surface area contributed by atoms with Crippen LogP contribution in [0.2, 0.25) is 0 Å². The van der Waals surface area contributed by atoms with Crippen LogP contribution in [0.15, 0.2) is 77.5 Å². The monoisotopic (exact) mass is 585 g/mol. The number of fused-ring (bicyclic) bond motifs is 2. The molecule has 0 radical (unpaired) electrons. The minimum atomic E-state index is 0. The van der Waals surface area contributed by atoms with Crippen LogP contribution < -0.4 is 5.32 Å². The van der Waals surface area contributed by atoms with Gasteiger partial charge in [-0.25, -0.2) is 4.98 Å². The van der Waals surface area contributed by atoms with Crippen LogP contribution in [0, 0.1) is 0 Å². The van der Waals surface area contributed by atoms with Crippen LogP contribution in [0.3, 0.4) is 0 Å². The van der Waals surface area contributed by atoms with E-state index in [2.05, 4.69) is 90.8 Å². The van der Waals surface area contributed by atoms with Gasteiger partial charge in [0.1, 0.15) is 5.82 Å². The van der Waals surface area contributed by atoms with Crippen molar-refractivity contribution in [2.24, 2.45) is 7.05 Å². The molecule has 39 heavy (non-hydrogen) atoms. The molecule has 2 aromatic carbocycles. The molecule has 3 heterocycles. The standard InChI is InChI=1S/C30H32BrN7.CH4/c1-37-19-24(31)27(36-37)17-32-16-21-11-13-22(14-12-21)18-38(20-29-34-25-8-2-3-9-26(25)35-29)28-10-4-6-23-7-5-15-33-30(23)28;/h2-3,5,7-9,11-15,19,28,32H,4,6,10,16-18,20H2,1H3,(H,34,35);1H4. The van der Waals surface area contributed by atoms with Gasteiger partial charge in [-0.2, -0.15) is 5.10 Å². The summed E-state index contributed by atoms with van der Waals surface area (Å²) in [4.78, 5) is 15.8. The van der Waals surface area contributed by atoms with Gasteiger partial charge in [0.15, 0.2) is 0 Å². The first-order valence-electron chi connectivity index (χ1n) is 13.2. The first kappa shape index (κ1) is 27.2. The third kappa shape index (κ3) is 6.30. The molecule has 1 aliphatic carbocycles. The number of benzene rings is 2. The molecule has 0 saturated carbocycles. The van der Waals surface area contributed by atoms with Gasteiger partial charge < -0.3 is 10.3 Å². The van der Waals surface area contributed by atoms with Crippen molar-refractivity contribution in [3.63, 3.8) is 0 Å². The van der Waals surface area contributed by atoms with Gasteiger partial charge in [-0.1, -0.05) is 49.9 Å². The van der Waals surface area contributed by atoms with E-state index in [0.29, 0.717) is 0 Å². The minimum Gasteiger partial charge on any atom is -0.341 e. The highest BCUT2D eigenvalue weighted by atomic mass is 79.9. The number of imidazole rings is 1. The van der Waals surface area contributed by atoms with E-state index in [1.165, 1.54) is 28.8 Å². The summed E-state index contributed by atoms with van der Waals surface area (Å²) in [5.41, 5.74) is 8.26. The smallest absolute Gasteiger partial charge is 0.121 e. The fraction of sp³-hybridized carbons (Fsp3) is 0.323. The zero-order valence-corrected chi connectivity index (χ0v) is 23.2. The predicted octanol–water partition coefficient (Wildman–Crippen LogP) is 6.46. The fourth-order valence-electron chi connectivity index (χ4n) is 5.44. The van der Waals surface area contributed by atoms with Crippen LogP contribution >= 0.6 is 15.9 Å². The van der Waals surface area contributed by atoms with Crippen molar-refractivity contribution in [1.82, 2.24) is 34.9 Å². The SMILES string of the molecule is C.Cn1cc(Br)c(CNCc2ccc(CN(Cc3nc4ccccc4[nH]3)C3CCCc4cccnc43)cc2)n1. The molecule has 1 unspecified atom stereocenters. The van der Waals surface area contributed by atoms with Crippen molar-refractivity contribution in [3.8, 4) is 0 Å². The highest BCUT2D eigenvalue weighted by molar-refractivity contribution is 9.10. The number of hydrogen-bond donors (Lipinski definition) is 2. The molecule has 202 valence electrons. The van der Waals surface area contributed by atoms with Gasteiger partial charge in [-0.15, -0.1) is 0 Å². The molecule has 0 aliphatic heterocycles. The van der Waals surface area contributed by atoms with Crippen LogP contribution in [0.4, 0.5) is 0 Å². The topological polar surface area (TPSA) is 74.7 Å². The number of aromatic nitrogens is 5. The Labute approximate surface area is 238 Å². The molecule has 0 spiro atoms. The number of nitrogens with one attached hydrogen (secondary N) is 2. The number of nitrogens with zero attached hydrogens (tertiary/aromatic N) is 5. The molecule has 7 nitrogen and oxygen atoms in total. The molecule has 0 saturated heterocycles. The summed E-state index contributed by atoms with van der Waals surface area (Å²) in [5, 5.41) is 7.99. The zero-order chi connectivity index (χ0) is 25.9. The quantitative estimate of drug-likeness (QED) is 0.207. The highest BCUT2D eigenvalue weighted by Gasteiger charge is 2.28. The van der Waals surface area contributed by atoms with Gasteiger partial charge in [0.2, 0.25) is 0 Å². The molecule has 0 fully saturated rings. The molecule has 5 aromatic rings. The van der Waals surface area contributed by atoms with E-state index in [0.717, 1.165) is 66.0 Å². The van der Waals surface area contributed by atoms with Crippen molar-refractivity contribution >= 4 is 27.0 Å². The van der Waals surface area contributed by atoms with Crippen molar-refractivity contribution in [2.45, 2.75) is 58.9 Å². The number of pyridine rings is 1.